The Morgan fingerprint density at radius 3 is 1.31 bits per heavy atom. The van der Waals surface area contributed by atoms with Gasteiger partial charge >= 0.3 is 0 Å². The molecular formula is C9H16Cl2Si2. The molecule has 0 fully saturated rings. The summed E-state index contributed by atoms with van der Waals surface area (Å²) < 4.78 is 0.0170. The molecule has 0 N–H and O–H groups in total. The zero-order chi connectivity index (χ0) is 10.3. The zero-order valence-corrected chi connectivity index (χ0v) is 12.1. The van der Waals surface area contributed by atoms with Crippen LogP contribution in [-0.4, -0.2) is 14.8 Å². The van der Waals surface area contributed by atoms with Crippen molar-refractivity contribution in [1.82, 2.24) is 0 Å². The molecule has 4 heteroatoms. The molecule has 0 aromatic carbocycles. The Hall–Kier alpha value is 0.494. The van der Waals surface area contributed by atoms with Gasteiger partial charge < -0.3 is 0 Å². The van der Waals surface area contributed by atoms with Gasteiger partial charge in [-0.25, -0.2) is 0 Å². The molecule has 0 nitrogen and oxygen atoms in total. The maximum atomic E-state index is 6.57. The molecule has 74 valence electrons. The van der Waals surface area contributed by atoms with E-state index in [1.54, 1.807) is 0 Å². The molecule has 0 saturated heterocycles. The predicted octanol–water partition coefficient (Wildman–Crippen LogP) is 4.28. The van der Waals surface area contributed by atoms with E-state index in [0.29, 0.717) is 0 Å². The molecule has 0 amide bonds. The predicted molar refractivity (Wildman–Crippen MR) is 67.6 cm³/mol. The molecule has 1 aliphatic rings. The maximum absolute atomic E-state index is 6.57. The molecule has 1 aliphatic carbocycles. The number of hydrogen-bond acceptors (Lipinski definition) is 0. The van der Waals surface area contributed by atoms with Gasteiger partial charge in [0.05, 0.1) is 0 Å². The quantitative estimate of drug-likeness (QED) is 0.507. The summed E-state index contributed by atoms with van der Waals surface area (Å²) in [4.78, 5) is 0. The van der Waals surface area contributed by atoms with Gasteiger partial charge in [0.25, 0.3) is 0 Å². The average molecular weight is 251 g/mol. The molecule has 0 atom stereocenters. The van der Waals surface area contributed by atoms with Crippen molar-refractivity contribution in [3.05, 3.63) is 24.3 Å². The van der Waals surface area contributed by atoms with Crippen molar-refractivity contribution < 1.29 is 0 Å². The van der Waals surface area contributed by atoms with Crippen molar-refractivity contribution in [2.24, 2.45) is 0 Å². The molecule has 13 heavy (non-hydrogen) atoms. The summed E-state index contributed by atoms with van der Waals surface area (Å²) in [5.41, 5.74) is 0. The first-order chi connectivity index (χ1) is 5.71. The fraction of sp³-hybridized carbons (Fsp3) is 0.556. The number of halogens is 2. The first kappa shape index (κ1) is 11.6. The van der Waals surface area contributed by atoms with Crippen LogP contribution in [0.5, 0.6) is 0 Å². The minimum Gasteiger partial charge on any atom is -0.167 e. The third-order valence-electron chi connectivity index (χ3n) is 2.80. The highest BCUT2D eigenvalue weighted by atomic mass is 35.6. The van der Waals surface area contributed by atoms with Gasteiger partial charge in [-0.2, -0.15) is 22.2 Å². The van der Waals surface area contributed by atoms with Gasteiger partial charge in [-0.3, -0.25) is 0 Å². The van der Waals surface area contributed by atoms with E-state index in [0.717, 1.165) is 0 Å². The minimum atomic E-state index is -1.78. The van der Waals surface area contributed by atoms with E-state index in [-0.39, 0.29) is 4.66 Å². The van der Waals surface area contributed by atoms with Gasteiger partial charge in [-0.1, -0.05) is 50.5 Å². The zero-order valence-electron chi connectivity index (χ0n) is 8.57. The SMILES string of the molecule is C[Si](C)(Cl)C1([Si](C)(C)Cl)C=CC=C1. The maximum Gasteiger partial charge on any atom is 0.162 e. The van der Waals surface area contributed by atoms with E-state index in [1.807, 2.05) is 0 Å². The van der Waals surface area contributed by atoms with Gasteiger partial charge in [0.1, 0.15) is 0 Å². The summed E-state index contributed by atoms with van der Waals surface area (Å²) in [5.74, 6) is 0. The van der Waals surface area contributed by atoms with Crippen LogP contribution >= 0.6 is 22.2 Å². The summed E-state index contributed by atoms with van der Waals surface area (Å²) in [7, 11) is -3.56. The second-order valence-corrected chi connectivity index (χ2v) is 18.2. The highest BCUT2D eigenvalue weighted by Crippen LogP contribution is 2.54. The van der Waals surface area contributed by atoms with E-state index in [4.69, 9.17) is 22.2 Å². The van der Waals surface area contributed by atoms with Crippen molar-refractivity contribution in [3.8, 4) is 0 Å². The first-order valence-electron chi connectivity index (χ1n) is 4.46. The van der Waals surface area contributed by atoms with Crippen LogP contribution in [0.2, 0.25) is 30.8 Å². The summed E-state index contributed by atoms with van der Waals surface area (Å²) in [5, 5.41) is 0. The Balaban J connectivity index is 3.19. The third-order valence-corrected chi connectivity index (χ3v) is 14.0. The fourth-order valence-electron chi connectivity index (χ4n) is 1.97. The van der Waals surface area contributed by atoms with Crippen LogP contribution in [0.25, 0.3) is 0 Å². The van der Waals surface area contributed by atoms with Crippen LogP contribution in [0.3, 0.4) is 0 Å². The standard InChI is InChI=1S/C9H16Cl2Si2/c1-12(2,10)9(13(3,4)11)7-5-6-8-9/h5-8H,1-4H3. The molecule has 0 aromatic rings. The van der Waals surface area contributed by atoms with Gasteiger partial charge in [0, 0.05) is 4.66 Å². The van der Waals surface area contributed by atoms with Crippen LogP contribution < -0.4 is 0 Å². The Morgan fingerprint density at radius 2 is 1.15 bits per heavy atom. The third kappa shape index (κ3) is 1.82. The Labute approximate surface area is 92.1 Å². The normalized spacial score (nSPS) is 21.1. The van der Waals surface area contributed by atoms with Gasteiger partial charge in [-0.15, -0.1) is 0 Å². The molecule has 1 rings (SSSR count). The van der Waals surface area contributed by atoms with E-state index in [9.17, 15) is 0 Å². The smallest absolute Gasteiger partial charge is 0.162 e. The van der Waals surface area contributed by atoms with E-state index < -0.39 is 14.8 Å². The molecule has 0 unspecified atom stereocenters. The second-order valence-electron chi connectivity index (χ2n) is 4.53. The number of rotatable bonds is 2. The van der Waals surface area contributed by atoms with Crippen molar-refractivity contribution in [2.45, 2.75) is 30.8 Å². The fourth-order valence-corrected chi connectivity index (χ4v) is 15.0. The van der Waals surface area contributed by atoms with Crippen LogP contribution in [0.15, 0.2) is 24.3 Å². The molecular weight excluding hydrogens is 235 g/mol. The molecule has 0 radical (unpaired) electrons. The van der Waals surface area contributed by atoms with Crippen molar-refractivity contribution in [3.63, 3.8) is 0 Å². The number of allylic oxidation sites excluding steroid dienone is 4. The Kier molecular flexibility index (Phi) is 2.90. The average Bonchev–Trinajstić information content (AvgIpc) is 2.28. The molecule has 0 saturated carbocycles. The van der Waals surface area contributed by atoms with Crippen molar-refractivity contribution in [1.29, 1.82) is 0 Å². The van der Waals surface area contributed by atoms with E-state index in [1.165, 1.54) is 0 Å². The summed E-state index contributed by atoms with van der Waals surface area (Å²) in [6.07, 6.45) is 8.58. The van der Waals surface area contributed by atoms with Crippen LogP contribution in [0.4, 0.5) is 0 Å². The van der Waals surface area contributed by atoms with E-state index >= 15 is 0 Å². The Morgan fingerprint density at radius 1 is 0.846 bits per heavy atom. The van der Waals surface area contributed by atoms with Gasteiger partial charge in [0.2, 0.25) is 0 Å². The highest BCUT2D eigenvalue weighted by molar-refractivity contribution is 7.35. The highest BCUT2D eigenvalue weighted by Gasteiger charge is 2.54. The molecule has 0 aliphatic heterocycles. The summed E-state index contributed by atoms with van der Waals surface area (Å²) >= 11 is 13.1. The topological polar surface area (TPSA) is 0 Å². The second kappa shape index (κ2) is 3.26. The molecule has 0 heterocycles. The van der Waals surface area contributed by atoms with Gasteiger partial charge in [-0.05, 0) is 0 Å². The van der Waals surface area contributed by atoms with Crippen molar-refractivity contribution in [2.75, 3.05) is 0 Å². The summed E-state index contributed by atoms with van der Waals surface area (Å²) in [6, 6.07) is 0. The van der Waals surface area contributed by atoms with Crippen LogP contribution in [0, 0.1) is 0 Å². The van der Waals surface area contributed by atoms with Crippen LogP contribution in [0.1, 0.15) is 0 Å². The van der Waals surface area contributed by atoms with Crippen molar-refractivity contribution >= 4 is 36.9 Å². The largest absolute Gasteiger partial charge is 0.167 e. The monoisotopic (exact) mass is 250 g/mol. The lowest BCUT2D eigenvalue weighted by molar-refractivity contribution is 1.15. The lowest BCUT2D eigenvalue weighted by Gasteiger charge is -2.42. The molecule has 0 spiro atoms. The van der Waals surface area contributed by atoms with Crippen LogP contribution in [-0.2, 0) is 0 Å². The summed E-state index contributed by atoms with van der Waals surface area (Å²) in [6.45, 7) is 8.69. The van der Waals surface area contributed by atoms with Gasteiger partial charge in [0.15, 0.2) is 14.8 Å². The minimum absolute atomic E-state index is 0.0170. The molecule has 0 aromatic heterocycles. The first-order valence-corrected chi connectivity index (χ1v) is 12.5. The lowest BCUT2D eigenvalue weighted by Crippen LogP contribution is -2.49. The lowest BCUT2D eigenvalue weighted by atomic mass is 10.4. The van der Waals surface area contributed by atoms with E-state index in [2.05, 4.69) is 50.5 Å². The number of hydrogen-bond donors (Lipinski definition) is 0. The molecule has 0 bridgehead atoms. The Bertz CT molecular complexity index is 228.